The van der Waals surface area contributed by atoms with Crippen LogP contribution in [-0.4, -0.2) is 32.0 Å². The van der Waals surface area contributed by atoms with Crippen LogP contribution in [0.25, 0.3) is 16.2 Å². The van der Waals surface area contributed by atoms with E-state index in [9.17, 15) is 8.42 Å². The highest BCUT2D eigenvalue weighted by Crippen LogP contribution is 2.33. The maximum atomic E-state index is 13.0. The lowest BCUT2D eigenvalue weighted by Crippen LogP contribution is -2.14. The van der Waals surface area contributed by atoms with Crippen LogP contribution in [0.1, 0.15) is 0 Å². The Morgan fingerprint density at radius 3 is 2.68 bits per heavy atom. The third-order valence-corrected chi connectivity index (χ3v) is 6.38. The van der Waals surface area contributed by atoms with Crippen LogP contribution in [0, 0.1) is 0 Å². The summed E-state index contributed by atoms with van der Waals surface area (Å²) >= 11 is 1.51. The average molecular weight is 415 g/mol. The van der Waals surface area contributed by atoms with Crippen LogP contribution in [0.4, 0.5) is 5.69 Å². The van der Waals surface area contributed by atoms with Gasteiger partial charge in [0.1, 0.15) is 16.4 Å². The van der Waals surface area contributed by atoms with Crippen LogP contribution in [0.2, 0.25) is 0 Å². The predicted octanol–water partition coefficient (Wildman–Crippen LogP) is 3.88. The standard InChI is InChI=1S/C19H17N3O4S2/c1-25-13-7-8-18(17(11-13)26-2)28(23,24)21-15-6-4-3-5-14(15)16-12-22-9-10-27-19(22)20-16/h3-12,21H,1-2H3. The minimum Gasteiger partial charge on any atom is -0.497 e. The summed E-state index contributed by atoms with van der Waals surface area (Å²) in [5, 5.41) is 1.94. The van der Waals surface area contributed by atoms with E-state index in [1.165, 1.54) is 37.7 Å². The fourth-order valence-corrected chi connectivity index (χ4v) is 4.78. The van der Waals surface area contributed by atoms with E-state index in [1.807, 2.05) is 34.3 Å². The number of fused-ring (bicyclic) bond motifs is 1. The van der Waals surface area contributed by atoms with E-state index >= 15 is 0 Å². The maximum Gasteiger partial charge on any atom is 0.265 e. The molecular formula is C19H17N3O4S2. The lowest BCUT2D eigenvalue weighted by molar-refractivity contribution is 0.386. The third-order valence-electron chi connectivity index (χ3n) is 4.20. The van der Waals surface area contributed by atoms with Crippen LogP contribution in [0.15, 0.2) is 65.1 Å². The SMILES string of the molecule is COc1ccc(S(=O)(=O)Nc2ccccc2-c2cn3ccsc3n2)c(OC)c1. The van der Waals surface area contributed by atoms with Gasteiger partial charge in [-0.1, -0.05) is 18.2 Å². The van der Waals surface area contributed by atoms with Gasteiger partial charge in [0, 0.05) is 29.4 Å². The molecule has 28 heavy (non-hydrogen) atoms. The molecule has 0 fully saturated rings. The van der Waals surface area contributed by atoms with E-state index < -0.39 is 10.0 Å². The Morgan fingerprint density at radius 2 is 1.93 bits per heavy atom. The first-order valence-corrected chi connectivity index (χ1v) is 10.6. The molecule has 0 aliphatic carbocycles. The molecule has 0 saturated heterocycles. The predicted molar refractivity (Wildman–Crippen MR) is 109 cm³/mol. The van der Waals surface area contributed by atoms with Crippen molar-refractivity contribution in [1.29, 1.82) is 0 Å². The highest BCUT2D eigenvalue weighted by Gasteiger charge is 2.22. The lowest BCUT2D eigenvalue weighted by Gasteiger charge is -2.14. The Bertz CT molecular complexity index is 1220. The molecule has 9 heteroatoms. The topological polar surface area (TPSA) is 81.9 Å². The number of benzene rings is 2. The number of nitrogens with zero attached hydrogens (tertiary/aromatic N) is 2. The second-order valence-corrected chi connectivity index (χ2v) is 8.41. The second kappa shape index (κ2) is 7.17. The van der Waals surface area contributed by atoms with Gasteiger partial charge in [-0.15, -0.1) is 11.3 Å². The molecule has 2 aromatic heterocycles. The zero-order valence-electron chi connectivity index (χ0n) is 15.1. The van der Waals surface area contributed by atoms with Crippen molar-refractivity contribution < 1.29 is 17.9 Å². The monoisotopic (exact) mass is 415 g/mol. The molecule has 0 radical (unpaired) electrons. The summed E-state index contributed by atoms with van der Waals surface area (Å²) in [6.07, 6.45) is 3.78. The van der Waals surface area contributed by atoms with Crippen LogP contribution in [0.3, 0.4) is 0 Å². The molecule has 0 saturated carbocycles. The van der Waals surface area contributed by atoms with E-state index in [2.05, 4.69) is 9.71 Å². The number of hydrogen-bond donors (Lipinski definition) is 1. The molecule has 0 spiro atoms. The van der Waals surface area contributed by atoms with Gasteiger partial charge in [-0.3, -0.25) is 9.12 Å². The van der Waals surface area contributed by atoms with Gasteiger partial charge in [0.15, 0.2) is 4.96 Å². The summed E-state index contributed by atoms with van der Waals surface area (Å²) in [5.41, 5.74) is 1.81. The summed E-state index contributed by atoms with van der Waals surface area (Å²) in [7, 11) is -0.967. The Labute approximate surface area is 166 Å². The molecule has 4 aromatic rings. The zero-order chi connectivity index (χ0) is 19.7. The molecule has 144 valence electrons. The molecule has 0 aliphatic heterocycles. The van der Waals surface area contributed by atoms with Crippen molar-refractivity contribution >= 4 is 32.0 Å². The van der Waals surface area contributed by atoms with Crippen molar-refractivity contribution in [3.05, 3.63) is 60.2 Å². The van der Waals surface area contributed by atoms with Crippen molar-refractivity contribution in [2.24, 2.45) is 0 Å². The fraction of sp³-hybridized carbons (Fsp3) is 0.105. The highest BCUT2D eigenvalue weighted by atomic mass is 32.2. The van der Waals surface area contributed by atoms with E-state index in [4.69, 9.17) is 9.47 Å². The molecule has 4 rings (SSSR count). The van der Waals surface area contributed by atoms with Gasteiger partial charge < -0.3 is 9.47 Å². The first-order chi connectivity index (χ1) is 13.5. The molecule has 1 N–H and O–H groups in total. The first-order valence-electron chi connectivity index (χ1n) is 8.28. The number of methoxy groups -OCH3 is 2. The smallest absolute Gasteiger partial charge is 0.265 e. The van der Waals surface area contributed by atoms with Gasteiger partial charge in [-0.25, -0.2) is 13.4 Å². The highest BCUT2D eigenvalue weighted by molar-refractivity contribution is 7.92. The number of rotatable bonds is 6. The zero-order valence-corrected chi connectivity index (χ0v) is 16.8. The number of imidazole rings is 1. The average Bonchev–Trinajstić information content (AvgIpc) is 3.29. The Hall–Kier alpha value is -3.04. The van der Waals surface area contributed by atoms with Crippen molar-refractivity contribution in [1.82, 2.24) is 9.38 Å². The van der Waals surface area contributed by atoms with Crippen molar-refractivity contribution in [3.8, 4) is 22.8 Å². The molecule has 0 unspecified atom stereocenters. The van der Waals surface area contributed by atoms with Crippen LogP contribution >= 0.6 is 11.3 Å². The normalized spacial score (nSPS) is 11.5. The number of ether oxygens (including phenoxy) is 2. The Balaban J connectivity index is 1.74. The fourth-order valence-electron chi connectivity index (χ4n) is 2.85. The number of hydrogen-bond acceptors (Lipinski definition) is 6. The summed E-state index contributed by atoms with van der Waals surface area (Å²) < 4.78 is 41.0. The van der Waals surface area contributed by atoms with E-state index in [-0.39, 0.29) is 10.6 Å². The quantitative estimate of drug-likeness (QED) is 0.517. The second-order valence-electron chi connectivity index (χ2n) is 5.89. The number of sulfonamides is 1. The summed E-state index contributed by atoms with van der Waals surface area (Å²) in [5.74, 6) is 0.709. The van der Waals surface area contributed by atoms with E-state index in [0.29, 0.717) is 22.7 Å². The number of anilines is 1. The number of nitrogens with one attached hydrogen (secondary N) is 1. The minimum atomic E-state index is -3.89. The molecule has 2 heterocycles. The molecule has 2 aromatic carbocycles. The number of aromatic nitrogens is 2. The Morgan fingerprint density at radius 1 is 1.11 bits per heavy atom. The van der Waals surface area contributed by atoms with Gasteiger partial charge in [0.05, 0.1) is 25.6 Å². The van der Waals surface area contributed by atoms with Crippen LogP contribution in [-0.2, 0) is 10.0 Å². The van der Waals surface area contributed by atoms with Crippen molar-refractivity contribution in [3.63, 3.8) is 0 Å². The minimum absolute atomic E-state index is 0.0245. The third kappa shape index (κ3) is 3.30. The van der Waals surface area contributed by atoms with Gasteiger partial charge in [0.25, 0.3) is 10.0 Å². The van der Waals surface area contributed by atoms with Gasteiger partial charge in [-0.05, 0) is 18.2 Å². The van der Waals surface area contributed by atoms with Crippen molar-refractivity contribution in [2.75, 3.05) is 18.9 Å². The first kappa shape index (κ1) is 18.3. The molecule has 0 atom stereocenters. The van der Waals surface area contributed by atoms with Gasteiger partial charge in [0.2, 0.25) is 0 Å². The number of para-hydroxylation sites is 1. The van der Waals surface area contributed by atoms with E-state index in [1.54, 1.807) is 18.2 Å². The maximum absolute atomic E-state index is 13.0. The van der Waals surface area contributed by atoms with Gasteiger partial charge in [-0.2, -0.15) is 0 Å². The Kier molecular flexibility index (Phi) is 4.70. The lowest BCUT2D eigenvalue weighted by atomic mass is 10.1. The van der Waals surface area contributed by atoms with Gasteiger partial charge >= 0.3 is 0 Å². The number of thiazole rings is 1. The molecule has 7 nitrogen and oxygen atoms in total. The van der Waals surface area contributed by atoms with E-state index in [0.717, 1.165) is 4.96 Å². The van der Waals surface area contributed by atoms with Crippen molar-refractivity contribution in [2.45, 2.75) is 4.90 Å². The molecule has 0 bridgehead atoms. The van der Waals surface area contributed by atoms with Crippen LogP contribution in [0.5, 0.6) is 11.5 Å². The summed E-state index contributed by atoms with van der Waals surface area (Å²) in [6, 6.07) is 11.7. The summed E-state index contributed by atoms with van der Waals surface area (Å²) in [4.78, 5) is 5.43. The molecule has 0 aliphatic rings. The van der Waals surface area contributed by atoms with Crippen LogP contribution < -0.4 is 14.2 Å². The molecular weight excluding hydrogens is 398 g/mol. The summed E-state index contributed by atoms with van der Waals surface area (Å²) in [6.45, 7) is 0. The largest absolute Gasteiger partial charge is 0.497 e. The molecule has 0 amide bonds.